The minimum absolute atomic E-state index is 0.0665. The molecular formula is C30H41N7O4. The van der Waals surface area contributed by atoms with E-state index in [9.17, 15) is 19.2 Å². The Labute approximate surface area is 240 Å². The zero-order valence-corrected chi connectivity index (χ0v) is 23.7. The summed E-state index contributed by atoms with van der Waals surface area (Å²) in [6.07, 6.45) is 2.74. The van der Waals surface area contributed by atoms with Gasteiger partial charge >= 0.3 is 0 Å². The lowest BCUT2D eigenvalue weighted by molar-refractivity contribution is -0.139. The molecule has 4 amide bonds. The van der Waals surface area contributed by atoms with Gasteiger partial charge < -0.3 is 32.7 Å². The summed E-state index contributed by atoms with van der Waals surface area (Å²) in [5.41, 5.74) is 11.6. The minimum Gasteiger partial charge on any atom is -0.370 e. The van der Waals surface area contributed by atoms with Crippen LogP contribution in [0.3, 0.4) is 0 Å². The quantitative estimate of drug-likeness (QED) is 0.115. The van der Waals surface area contributed by atoms with Crippen LogP contribution in [0.2, 0.25) is 0 Å². The predicted molar refractivity (Wildman–Crippen MR) is 157 cm³/mol. The van der Waals surface area contributed by atoms with Gasteiger partial charge in [-0.2, -0.15) is 0 Å². The van der Waals surface area contributed by atoms with E-state index in [0.29, 0.717) is 25.7 Å². The van der Waals surface area contributed by atoms with E-state index in [-0.39, 0.29) is 30.7 Å². The Morgan fingerprint density at radius 3 is 1.88 bits per heavy atom. The molecule has 0 aromatic heterocycles. The van der Waals surface area contributed by atoms with E-state index in [1.807, 2.05) is 60.7 Å². The van der Waals surface area contributed by atoms with Crippen LogP contribution in [-0.4, -0.2) is 53.8 Å². The van der Waals surface area contributed by atoms with E-state index < -0.39 is 35.5 Å². The lowest BCUT2D eigenvalue weighted by atomic mass is 9.75. The Balaban J connectivity index is 1.75. The molecule has 0 saturated heterocycles. The number of carbonyl (C=O) groups is 4. The van der Waals surface area contributed by atoms with E-state index in [0.717, 1.165) is 17.5 Å². The van der Waals surface area contributed by atoms with Gasteiger partial charge in [-0.15, -0.1) is 0 Å². The topological polar surface area (TPSA) is 181 Å². The predicted octanol–water partition coefficient (Wildman–Crippen LogP) is 1.38. The smallest absolute Gasteiger partial charge is 0.246 e. The molecule has 1 aliphatic rings. The van der Waals surface area contributed by atoms with Gasteiger partial charge in [0.1, 0.15) is 17.6 Å². The lowest BCUT2D eigenvalue weighted by Crippen LogP contribution is -2.65. The van der Waals surface area contributed by atoms with Gasteiger partial charge in [-0.05, 0) is 49.7 Å². The highest BCUT2D eigenvalue weighted by molar-refractivity contribution is 5.96. The van der Waals surface area contributed by atoms with Crippen LogP contribution in [-0.2, 0) is 19.2 Å². The van der Waals surface area contributed by atoms with Gasteiger partial charge in [-0.3, -0.25) is 24.2 Å². The van der Waals surface area contributed by atoms with E-state index >= 15 is 0 Å². The summed E-state index contributed by atoms with van der Waals surface area (Å²) < 4.78 is 0. The average Bonchev–Trinajstić information content (AvgIpc) is 2.94. The first-order valence-electron chi connectivity index (χ1n) is 14.0. The van der Waals surface area contributed by atoms with Crippen molar-refractivity contribution >= 4 is 29.6 Å². The maximum absolute atomic E-state index is 13.5. The summed E-state index contributed by atoms with van der Waals surface area (Å²) in [6.45, 7) is 3.43. The van der Waals surface area contributed by atoms with E-state index in [1.54, 1.807) is 6.92 Å². The molecule has 1 aliphatic carbocycles. The molecule has 220 valence electrons. The fraction of sp³-hybridized carbons (Fsp3) is 0.433. The van der Waals surface area contributed by atoms with Crippen LogP contribution in [0.4, 0.5) is 0 Å². The van der Waals surface area contributed by atoms with Crippen molar-refractivity contribution in [1.82, 2.24) is 21.3 Å². The van der Waals surface area contributed by atoms with Crippen LogP contribution in [0, 0.1) is 0 Å². The summed E-state index contributed by atoms with van der Waals surface area (Å²) in [5, 5.41) is 11.4. The highest BCUT2D eigenvalue weighted by Gasteiger charge is 2.46. The Morgan fingerprint density at radius 1 is 0.854 bits per heavy atom. The highest BCUT2D eigenvalue weighted by Crippen LogP contribution is 2.32. The number of nitrogens with one attached hydrogen (secondary N) is 4. The van der Waals surface area contributed by atoms with Crippen molar-refractivity contribution in [2.24, 2.45) is 16.5 Å². The molecule has 0 bridgehead atoms. The van der Waals surface area contributed by atoms with Gasteiger partial charge in [0.05, 0.1) is 6.04 Å². The van der Waals surface area contributed by atoms with Crippen molar-refractivity contribution in [3.8, 4) is 0 Å². The van der Waals surface area contributed by atoms with E-state index in [4.69, 9.17) is 11.5 Å². The average molecular weight is 564 g/mol. The maximum Gasteiger partial charge on any atom is 0.246 e. The third kappa shape index (κ3) is 8.79. The summed E-state index contributed by atoms with van der Waals surface area (Å²) >= 11 is 0. The number of nitrogens with zero attached hydrogens (tertiary/aromatic N) is 1. The molecule has 0 heterocycles. The molecule has 0 aliphatic heterocycles. The Hall–Kier alpha value is -4.41. The van der Waals surface area contributed by atoms with Crippen molar-refractivity contribution in [3.63, 3.8) is 0 Å². The zero-order chi connectivity index (χ0) is 29.8. The van der Waals surface area contributed by atoms with Gasteiger partial charge in [-0.1, -0.05) is 67.6 Å². The number of rotatable bonds is 14. The van der Waals surface area contributed by atoms with E-state index in [1.165, 1.54) is 6.92 Å². The maximum atomic E-state index is 13.5. The second-order valence-electron chi connectivity index (χ2n) is 10.3. The number of carbonyl (C=O) groups excluding carboxylic acids is 4. The van der Waals surface area contributed by atoms with Crippen molar-refractivity contribution in [3.05, 3.63) is 71.8 Å². The molecule has 0 radical (unpaired) electrons. The fourth-order valence-electron chi connectivity index (χ4n) is 4.86. The second kappa shape index (κ2) is 14.8. The van der Waals surface area contributed by atoms with Crippen LogP contribution in [0.25, 0.3) is 0 Å². The standard InChI is InChI=1S/C30H41N7O4/c1-3-23(26(39)36-25(21-12-6-4-7-13-21)22-14-8-5-9-15-22)34-27(40)24(16-10-19-33-29(31)32)35-28(41)30(17-11-18-30)37-20(2)38/h4-9,12-15,23-25H,3,10-11,16-19H2,1-2H3,(H,34,40)(H,35,41)(H,36,39)(H,37,38)(H4,31,32,33)/t23-,24-/m0/s1. The molecule has 8 N–H and O–H groups in total. The zero-order valence-electron chi connectivity index (χ0n) is 23.7. The molecule has 1 fully saturated rings. The Kier molecular flexibility index (Phi) is 11.3. The van der Waals surface area contributed by atoms with Gasteiger partial charge in [0.15, 0.2) is 5.96 Å². The first-order chi connectivity index (χ1) is 19.6. The van der Waals surface area contributed by atoms with Gasteiger partial charge in [0, 0.05) is 13.5 Å². The van der Waals surface area contributed by atoms with Crippen molar-refractivity contribution in [2.75, 3.05) is 6.54 Å². The van der Waals surface area contributed by atoms with Gasteiger partial charge in [-0.25, -0.2) is 0 Å². The summed E-state index contributed by atoms with van der Waals surface area (Å²) in [4.78, 5) is 55.9. The Bertz CT molecular complexity index is 1170. The molecule has 41 heavy (non-hydrogen) atoms. The number of amides is 4. The first kappa shape index (κ1) is 31.1. The van der Waals surface area contributed by atoms with Crippen LogP contribution in [0.15, 0.2) is 65.7 Å². The number of hydrogen-bond donors (Lipinski definition) is 6. The summed E-state index contributed by atoms with van der Waals surface area (Å²) in [6, 6.07) is 17.0. The van der Waals surface area contributed by atoms with Crippen molar-refractivity contribution in [1.29, 1.82) is 0 Å². The number of guanidine groups is 1. The largest absolute Gasteiger partial charge is 0.370 e. The normalized spacial score (nSPS) is 15.0. The van der Waals surface area contributed by atoms with Gasteiger partial charge in [0.2, 0.25) is 23.6 Å². The van der Waals surface area contributed by atoms with Gasteiger partial charge in [0.25, 0.3) is 0 Å². The van der Waals surface area contributed by atoms with E-state index in [2.05, 4.69) is 26.3 Å². The highest BCUT2D eigenvalue weighted by atomic mass is 16.2. The van der Waals surface area contributed by atoms with Crippen LogP contribution >= 0.6 is 0 Å². The SMILES string of the molecule is CC[C@H](NC(=O)[C@H](CCCN=C(N)N)NC(=O)C1(NC(C)=O)CCC1)C(=O)NC(c1ccccc1)c1ccccc1. The number of nitrogens with two attached hydrogens (primary N) is 2. The molecule has 11 heteroatoms. The molecule has 0 unspecified atom stereocenters. The number of benzene rings is 2. The molecule has 1 saturated carbocycles. The second-order valence-corrected chi connectivity index (χ2v) is 10.3. The van der Waals surface area contributed by atoms with Crippen LogP contribution in [0.1, 0.15) is 69.5 Å². The molecule has 2 aromatic rings. The molecule has 11 nitrogen and oxygen atoms in total. The molecule has 0 spiro atoms. The van der Waals surface area contributed by atoms with Crippen LogP contribution in [0.5, 0.6) is 0 Å². The lowest BCUT2D eigenvalue weighted by Gasteiger charge is -2.41. The van der Waals surface area contributed by atoms with Crippen molar-refractivity contribution in [2.45, 2.75) is 76.0 Å². The summed E-state index contributed by atoms with van der Waals surface area (Å²) in [5.74, 6) is -1.66. The number of aliphatic imine (C=N–C) groups is 1. The third-order valence-electron chi connectivity index (χ3n) is 7.22. The van der Waals surface area contributed by atoms with Crippen molar-refractivity contribution < 1.29 is 19.2 Å². The molecule has 2 aromatic carbocycles. The summed E-state index contributed by atoms with van der Waals surface area (Å²) in [7, 11) is 0. The fourth-order valence-corrected chi connectivity index (χ4v) is 4.86. The molecular weight excluding hydrogens is 522 g/mol. The van der Waals surface area contributed by atoms with Crippen LogP contribution < -0.4 is 32.7 Å². The third-order valence-corrected chi connectivity index (χ3v) is 7.22. The first-order valence-corrected chi connectivity index (χ1v) is 14.0. The molecule has 2 atom stereocenters. The minimum atomic E-state index is -1.04. The monoisotopic (exact) mass is 563 g/mol. The Morgan fingerprint density at radius 2 is 1.41 bits per heavy atom. The number of hydrogen-bond acceptors (Lipinski definition) is 5. The molecule has 3 rings (SSSR count).